The first-order valence-corrected chi connectivity index (χ1v) is 9.76. The van der Waals surface area contributed by atoms with E-state index >= 15 is 0 Å². The van der Waals surface area contributed by atoms with Gasteiger partial charge in [-0.2, -0.15) is 0 Å². The van der Waals surface area contributed by atoms with Crippen molar-refractivity contribution in [2.75, 3.05) is 5.32 Å². The van der Waals surface area contributed by atoms with Gasteiger partial charge < -0.3 is 5.32 Å². The zero-order valence-electron chi connectivity index (χ0n) is 15.9. The van der Waals surface area contributed by atoms with Crippen molar-refractivity contribution in [1.82, 2.24) is 0 Å². The lowest BCUT2D eigenvalue weighted by atomic mass is 10.0. The van der Waals surface area contributed by atoms with E-state index < -0.39 is 0 Å². The van der Waals surface area contributed by atoms with Crippen LogP contribution in [0.3, 0.4) is 0 Å². The zero-order chi connectivity index (χ0) is 19.5. The molecule has 29 heavy (non-hydrogen) atoms. The normalized spacial score (nSPS) is 14.1. The van der Waals surface area contributed by atoms with Gasteiger partial charge >= 0.3 is 0 Å². The van der Waals surface area contributed by atoms with Gasteiger partial charge in [0.05, 0.1) is 17.1 Å². The average molecular weight is 372 g/mol. The molecule has 0 amide bonds. The van der Waals surface area contributed by atoms with Crippen molar-refractivity contribution in [3.8, 4) is 0 Å². The second-order valence-corrected chi connectivity index (χ2v) is 6.95. The first-order valence-electron chi connectivity index (χ1n) is 9.76. The fourth-order valence-electron chi connectivity index (χ4n) is 3.72. The maximum Gasteiger partial charge on any atom is 0.0815 e. The molecule has 0 saturated carbocycles. The van der Waals surface area contributed by atoms with Gasteiger partial charge in [0.25, 0.3) is 0 Å². The van der Waals surface area contributed by atoms with Crippen LogP contribution in [0.25, 0.3) is 11.3 Å². The Bertz CT molecular complexity index is 1190. The Labute approximate surface area is 170 Å². The highest BCUT2D eigenvalue weighted by molar-refractivity contribution is 6.43. The predicted molar refractivity (Wildman–Crippen MR) is 122 cm³/mol. The summed E-state index contributed by atoms with van der Waals surface area (Å²) >= 11 is 0. The molecule has 2 nitrogen and oxygen atoms in total. The van der Waals surface area contributed by atoms with Gasteiger partial charge in [-0.05, 0) is 29.8 Å². The van der Waals surface area contributed by atoms with Gasteiger partial charge in [0.2, 0.25) is 0 Å². The molecule has 138 valence electrons. The van der Waals surface area contributed by atoms with Crippen LogP contribution in [0, 0.1) is 0 Å². The Morgan fingerprint density at radius 2 is 1.07 bits per heavy atom. The number of allylic oxidation sites excluding steroid dienone is 1. The number of nitrogens with one attached hydrogen (secondary N) is 1. The first-order chi connectivity index (χ1) is 14.4. The Balaban J connectivity index is 1.76. The summed E-state index contributed by atoms with van der Waals surface area (Å²) in [5, 5.41) is 3.66. The maximum absolute atomic E-state index is 5.07. The third-order valence-corrected chi connectivity index (χ3v) is 5.04. The van der Waals surface area contributed by atoms with Gasteiger partial charge in [0.15, 0.2) is 0 Å². The second-order valence-electron chi connectivity index (χ2n) is 6.95. The van der Waals surface area contributed by atoms with Gasteiger partial charge in [-0.25, -0.2) is 4.99 Å². The van der Waals surface area contributed by atoms with Crippen molar-refractivity contribution >= 4 is 28.4 Å². The van der Waals surface area contributed by atoms with Crippen molar-refractivity contribution in [3.05, 3.63) is 132 Å². The van der Waals surface area contributed by atoms with Gasteiger partial charge in [0, 0.05) is 22.4 Å². The summed E-state index contributed by atoms with van der Waals surface area (Å²) in [6.07, 6.45) is 0. The number of hydrogen-bond donors (Lipinski definition) is 1. The fraction of sp³-hybridized carbons (Fsp3) is 0. The summed E-state index contributed by atoms with van der Waals surface area (Å²) in [4.78, 5) is 5.07. The molecule has 0 radical (unpaired) electrons. The zero-order valence-corrected chi connectivity index (χ0v) is 15.9. The number of fused-ring (bicyclic) bond motifs is 1. The van der Waals surface area contributed by atoms with Crippen LogP contribution in [0.1, 0.15) is 16.7 Å². The van der Waals surface area contributed by atoms with E-state index in [1.807, 2.05) is 54.6 Å². The molecular weight excluding hydrogens is 352 g/mol. The standard InChI is InChI=1S/C27H20N2/c1-4-12-20(13-5-1)25-26(28-21-14-6-2-7-15-21)23-18-10-11-19-24(23)27(25)29-22-16-8-3-9-17-22/h1-19,28H. The Morgan fingerprint density at radius 3 is 1.76 bits per heavy atom. The van der Waals surface area contributed by atoms with Crippen LogP contribution in [0.15, 0.2) is 120 Å². The highest BCUT2D eigenvalue weighted by Crippen LogP contribution is 2.40. The van der Waals surface area contributed by atoms with E-state index in [0.717, 1.165) is 39.5 Å². The molecule has 4 aromatic rings. The highest BCUT2D eigenvalue weighted by atomic mass is 14.9. The van der Waals surface area contributed by atoms with Crippen molar-refractivity contribution in [3.63, 3.8) is 0 Å². The minimum Gasteiger partial charge on any atom is -0.354 e. The summed E-state index contributed by atoms with van der Waals surface area (Å²) in [7, 11) is 0. The Morgan fingerprint density at radius 1 is 0.517 bits per heavy atom. The molecule has 0 spiro atoms. The van der Waals surface area contributed by atoms with E-state index in [9.17, 15) is 0 Å². The van der Waals surface area contributed by atoms with Crippen molar-refractivity contribution < 1.29 is 0 Å². The molecule has 0 aliphatic heterocycles. The minimum atomic E-state index is 0.951. The molecule has 0 aromatic heterocycles. The van der Waals surface area contributed by atoms with Gasteiger partial charge in [0.1, 0.15) is 0 Å². The van der Waals surface area contributed by atoms with Crippen molar-refractivity contribution in [2.45, 2.75) is 0 Å². The number of benzene rings is 4. The molecule has 0 atom stereocenters. The molecule has 1 aliphatic rings. The van der Waals surface area contributed by atoms with Crippen LogP contribution in [0.4, 0.5) is 11.4 Å². The maximum atomic E-state index is 5.07. The van der Waals surface area contributed by atoms with Crippen LogP contribution in [-0.2, 0) is 0 Å². The summed E-state index contributed by atoms with van der Waals surface area (Å²) in [6.45, 7) is 0. The average Bonchev–Trinajstić information content (AvgIpc) is 3.09. The first kappa shape index (κ1) is 17.2. The third-order valence-electron chi connectivity index (χ3n) is 5.04. The fourth-order valence-corrected chi connectivity index (χ4v) is 3.72. The Hall–Kier alpha value is -3.91. The van der Waals surface area contributed by atoms with Crippen molar-refractivity contribution in [1.29, 1.82) is 0 Å². The molecular formula is C27H20N2. The van der Waals surface area contributed by atoms with Gasteiger partial charge in [-0.1, -0.05) is 91.0 Å². The number of anilines is 1. The lowest BCUT2D eigenvalue weighted by Crippen LogP contribution is -2.02. The van der Waals surface area contributed by atoms with E-state index in [0.29, 0.717) is 0 Å². The van der Waals surface area contributed by atoms with E-state index in [4.69, 9.17) is 4.99 Å². The van der Waals surface area contributed by atoms with E-state index in [1.54, 1.807) is 0 Å². The highest BCUT2D eigenvalue weighted by Gasteiger charge is 2.28. The van der Waals surface area contributed by atoms with Crippen LogP contribution >= 0.6 is 0 Å². The van der Waals surface area contributed by atoms with Crippen LogP contribution in [0.5, 0.6) is 0 Å². The van der Waals surface area contributed by atoms with E-state index in [-0.39, 0.29) is 0 Å². The van der Waals surface area contributed by atoms with Crippen LogP contribution in [-0.4, -0.2) is 5.71 Å². The molecule has 0 unspecified atom stereocenters. The summed E-state index contributed by atoms with van der Waals surface area (Å²) in [6, 6.07) is 39.4. The second kappa shape index (κ2) is 7.61. The van der Waals surface area contributed by atoms with Gasteiger partial charge in [-0.15, -0.1) is 0 Å². The number of rotatable bonds is 4. The molecule has 2 heteroatoms. The topological polar surface area (TPSA) is 24.4 Å². The van der Waals surface area contributed by atoms with Crippen LogP contribution < -0.4 is 5.32 Å². The van der Waals surface area contributed by atoms with Crippen molar-refractivity contribution in [2.24, 2.45) is 4.99 Å². The monoisotopic (exact) mass is 372 g/mol. The number of hydrogen-bond acceptors (Lipinski definition) is 2. The molecule has 5 rings (SSSR count). The quantitative estimate of drug-likeness (QED) is 0.418. The minimum absolute atomic E-state index is 0.951. The SMILES string of the molecule is c1ccc(N=C2C(c3ccccc3)=C(Nc3ccccc3)c3ccccc32)cc1. The van der Waals surface area contributed by atoms with Gasteiger partial charge in [-0.3, -0.25) is 0 Å². The third kappa shape index (κ3) is 3.37. The number of aliphatic imine (C=N–C) groups is 1. The molecule has 0 bridgehead atoms. The molecule has 4 aromatic carbocycles. The summed E-state index contributed by atoms with van der Waals surface area (Å²) in [5.74, 6) is 0. The lowest BCUT2D eigenvalue weighted by Gasteiger charge is -2.12. The Kier molecular flexibility index (Phi) is 4.51. The smallest absolute Gasteiger partial charge is 0.0815 e. The molecule has 1 aliphatic carbocycles. The summed E-state index contributed by atoms with van der Waals surface area (Å²) < 4.78 is 0. The lowest BCUT2D eigenvalue weighted by molar-refractivity contribution is 1.50. The van der Waals surface area contributed by atoms with E-state index in [1.165, 1.54) is 5.56 Å². The summed E-state index contributed by atoms with van der Waals surface area (Å²) in [5.41, 5.74) is 8.69. The molecule has 0 saturated heterocycles. The molecule has 1 N–H and O–H groups in total. The van der Waals surface area contributed by atoms with Crippen LogP contribution in [0.2, 0.25) is 0 Å². The number of nitrogens with zero attached hydrogens (tertiary/aromatic N) is 1. The predicted octanol–water partition coefficient (Wildman–Crippen LogP) is 6.80. The largest absolute Gasteiger partial charge is 0.354 e. The van der Waals surface area contributed by atoms with E-state index in [2.05, 4.69) is 66.0 Å². The molecule has 0 fully saturated rings. The molecule has 0 heterocycles. The number of para-hydroxylation sites is 2.